The fourth-order valence-corrected chi connectivity index (χ4v) is 2.23. The molecule has 0 bridgehead atoms. The lowest BCUT2D eigenvalue weighted by atomic mass is 10.1. The third-order valence-corrected chi connectivity index (χ3v) is 3.60. The highest BCUT2D eigenvalue weighted by Crippen LogP contribution is 2.17. The topological polar surface area (TPSA) is 87.5 Å². The number of aromatic nitrogens is 1. The molecule has 0 saturated heterocycles. The van der Waals surface area contributed by atoms with E-state index in [4.69, 9.17) is 4.52 Å². The molecule has 0 aliphatic heterocycles. The van der Waals surface area contributed by atoms with Crippen LogP contribution in [0.3, 0.4) is 0 Å². The third-order valence-electron chi connectivity index (χ3n) is 3.60. The van der Waals surface area contributed by atoms with Crippen molar-refractivity contribution in [2.45, 2.75) is 20.8 Å². The fraction of sp³-hybridized carbons (Fsp3) is 0.353. The van der Waals surface area contributed by atoms with Gasteiger partial charge in [0.2, 0.25) is 11.8 Å². The molecule has 128 valence electrons. The van der Waals surface area contributed by atoms with Crippen LogP contribution < -0.4 is 10.6 Å². The number of carbonyl (C=O) groups excluding carboxylic acids is 2. The maximum atomic E-state index is 12.1. The van der Waals surface area contributed by atoms with Gasteiger partial charge in [-0.25, -0.2) is 0 Å². The Morgan fingerprint density at radius 3 is 2.42 bits per heavy atom. The molecule has 24 heavy (non-hydrogen) atoms. The van der Waals surface area contributed by atoms with Gasteiger partial charge in [-0.05, 0) is 45.0 Å². The van der Waals surface area contributed by atoms with E-state index in [0.29, 0.717) is 11.6 Å². The predicted octanol–water partition coefficient (Wildman–Crippen LogP) is 2.11. The van der Waals surface area contributed by atoms with Crippen molar-refractivity contribution >= 4 is 23.3 Å². The standard InChI is InChI=1S/C17H22N4O3/c1-11-6-5-7-14(13(11)3)18-16(22)9-21(4)10-17(23)19-15-8-12(2)24-20-15/h5-8H,9-10H2,1-4H3,(H,18,22)(H,19,20,23). The van der Waals surface area contributed by atoms with Crippen molar-refractivity contribution in [3.63, 3.8) is 0 Å². The van der Waals surface area contributed by atoms with Crippen LogP contribution in [0.1, 0.15) is 16.9 Å². The summed E-state index contributed by atoms with van der Waals surface area (Å²) in [5.74, 6) is 0.555. The number of amides is 2. The SMILES string of the molecule is Cc1cc(NC(=O)CN(C)CC(=O)Nc2cccc(C)c2C)no1. The molecule has 2 N–H and O–H groups in total. The maximum Gasteiger partial charge on any atom is 0.239 e. The Bertz CT molecular complexity index is 739. The van der Waals surface area contributed by atoms with Gasteiger partial charge in [0, 0.05) is 11.8 Å². The minimum Gasteiger partial charge on any atom is -0.360 e. The number of carbonyl (C=O) groups is 2. The van der Waals surface area contributed by atoms with Crippen molar-refractivity contribution in [2.75, 3.05) is 30.8 Å². The molecule has 0 saturated carbocycles. The molecule has 0 fully saturated rings. The summed E-state index contributed by atoms with van der Waals surface area (Å²) >= 11 is 0. The lowest BCUT2D eigenvalue weighted by Gasteiger charge is -2.16. The van der Waals surface area contributed by atoms with E-state index in [1.165, 1.54) is 0 Å². The van der Waals surface area contributed by atoms with E-state index in [1.54, 1.807) is 24.9 Å². The first kappa shape index (κ1) is 17.7. The molecule has 1 heterocycles. The molecule has 7 heteroatoms. The lowest BCUT2D eigenvalue weighted by Crippen LogP contribution is -2.36. The zero-order valence-electron chi connectivity index (χ0n) is 14.3. The van der Waals surface area contributed by atoms with Crippen molar-refractivity contribution in [2.24, 2.45) is 0 Å². The smallest absolute Gasteiger partial charge is 0.239 e. The van der Waals surface area contributed by atoms with Crippen LogP contribution in [0.2, 0.25) is 0 Å². The van der Waals surface area contributed by atoms with Gasteiger partial charge in [-0.15, -0.1) is 0 Å². The number of rotatable bonds is 6. The van der Waals surface area contributed by atoms with E-state index in [9.17, 15) is 9.59 Å². The Kier molecular flexibility index (Phi) is 5.70. The first-order valence-corrected chi connectivity index (χ1v) is 7.63. The molecule has 2 aromatic rings. The van der Waals surface area contributed by atoms with Gasteiger partial charge in [0.25, 0.3) is 0 Å². The largest absolute Gasteiger partial charge is 0.360 e. The Hall–Kier alpha value is -2.67. The molecule has 0 radical (unpaired) electrons. The zero-order chi connectivity index (χ0) is 17.7. The summed E-state index contributed by atoms with van der Waals surface area (Å²) in [4.78, 5) is 25.6. The van der Waals surface area contributed by atoms with Crippen LogP contribution in [0.5, 0.6) is 0 Å². The second kappa shape index (κ2) is 7.74. The number of nitrogens with one attached hydrogen (secondary N) is 2. The van der Waals surface area contributed by atoms with Crippen molar-refractivity contribution in [1.29, 1.82) is 0 Å². The number of benzene rings is 1. The summed E-state index contributed by atoms with van der Waals surface area (Å²) in [5.41, 5.74) is 2.94. The van der Waals surface area contributed by atoms with E-state index in [2.05, 4.69) is 15.8 Å². The van der Waals surface area contributed by atoms with Crippen molar-refractivity contribution in [3.8, 4) is 0 Å². The van der Waals surface area contributed by atoms with Crippen LogP contribution in [0.4, 0.5) is 11.5 Å². The minimum atomic E-state index is -0.259. The monoisotopic (exact) mass is 330 g/mol. The summed E-state index contributed by atoms with van der Waals surface area (Å²) in [6.07, 6.45) is 0. The first-order chi connectivity index (χ1) is 11.3. The normalized spacial score (nSPS) is 10.7. The minimum absolute atomic E-state index is 0.0755. The average molecular weight is 330 g/mol. The maximum absolute atomic E-state index is 12.1. The highest BCUT2D eigenvalue weighted by molar-refractivity contribution is 5.94. The molecule has 2 rings (SSSR count). The van der Waals surface area contributed by atoms with Crippen molar-refractivity contribution < 1.29 is 14.1 Å². The van der Waals surface area contributed by atoms with E-state index in [1.807, 2.05) is 32.0 Å². The van der Waals surface area contributed by atoms with Gasteiger partial charge >= 0.3 is 0 Å². The van der Waals surface area contributed by atoms with Crippen molar-refractivity contribution in [3.05, 3.63) is 41.2 Å². The predicted molar refractivity (Wildman–Crippen MR) is 91.9 cm³/mol. The second-order valence-corrected chi connectivity index (χ2v) is 5.84. The summed E-state index contributed by atoms with van der Waals surface area (Å²) in [5, 5.41) is 9.18. The van der Waals surface area contributed by atoms with E-state index < -0.39 is 0 Å². The molecule has 1 aromatic heterocycles. The quantitative estimate of drug-likeness (QED) is 0.847. The Morgan fingerprint density at radius 2 is 1.79 bits per heavy atom. The molecule has 0 aliphatic rings. The molecule has 0 atom stereocenters. The number of likely N-dealkylation sites (N-methyl/N-ethyl adjacent to an activating group) is 1. The van der Waals surface area contributed by atoms with Crippen LogP contribution >= 0.6 is 0 Å². The van der Waals surface area contributed by atoms with Gasteiger partial charge < -0.3 is 15.2 Å². The third kappa shape index (κ3) is 4.92. The van der Waals surface area contributed by atoms with E-state index >= 15 is 0 Å². The summed E-state index contributed by atoms with van der Waals surface area (Å²) < 4.78 is 4.88. The number of hydrogen-bond acceptors (Lipinski definition) is 5. The van der Waals surface area contributed by atoms with Gasteiger partial charge in [-0.1, -0.05) is 17.3 Å². The Morgan fingerprint density at radius 1 is 1.12 bits per heavy atom. The van der Waals surface area contributed by atoms with Gasteiger partial charge in [0.05, 0.1) is 13.1 Å². The summed E-state index contributed by atoms with van der Waals surface area (Å²) in [6, 6.07) is 7.38. The summed E-state index contributed by atoms with van der Waals surface area (Å²) in [7, 11) is 1.70. The second-order valence-electron chi connectivity index (χ2n) is 5.84. The van der Waals surface area contributed by atoms with E-state index in [0.717, 1.165) is 16.8 Å². The molecule has 0 spiro atoms. The lowest BCUT2D eigenvalue weighted by molar-refractivity contribution is -0.119. The van der Waals surface area contributed by atoms with Gasteiger partial charge in [-0.3, -0.25) is 14.5 Å². The fourth-order valence-electron chi connectivity index (χ4n) is 2.23. The number of anilines is 2. The Labute approximate surface area is 141 Å². The van der Waals surface area contributed by atoms with Crippen LogP contribution in [-0.4, -0.2) is 42.0 Å². The van der Waals surface area contributed by atoms with Crippen LogP contribution in [-0.2, 0) is 9.59 Å². The average Bonchev–Trinajstić information content (AvgIpc) is 2.88. The van der Waals surface area contributed by atoms with Gasteiger partial charge in [0.15, 0.2) is 5.82 Å². The van der Waals surface area contributed by atoms with Crippen molar-refractivity contribution in [1.82, 2.24) is 10.1 Å². The molecule has 2 amide bonds. The van der Waals surface area contributed by atoms with Gasteiger partial charge in [-0.2, -0.15) is 0 Å². The van der Waals surface area contributed by atoms with Crippen LogP contribution in [0.15, 0.2) is 28.8 Å². The zero-order valence-corrected chi connectivity index (χ0v) is 14.3. The highest BCUT2D eigenvalue weighted by Gasteiger charge is 2.13. The molecule has 1 aromatic carbocycles. The molecular weight excluding hydrogens is 308 g/mol. The van der Waals surface area contributed by atoms with Crippen LogP contribution in [0, 0.1) is 20.8 Å². The van der Waals surface area contributed by atoms with E-state index in [-0.39, 0.29) is 24.9 Å². The molecule has 0 aliphatic carbocycles. The number of hydrogen-bond donors (Lipinski definition) is 2. The van der Waals surface area contributed by atoms with Gasteiger partial charge in [0.1, 0.15) is 5.76 Å². The first-order valence-electron chi connectivity index (χ1n) is 7.63. The number of nitrogens with zero attached hydrogens (tertiary/aromatic N) is 2. The molecular formula is C17H22N4O3. The Balaban J connectivity index is 1.82. The number of aryl methyl sites for hydroxylation is 2. The highest BCUT2D eigenvalue weighted by atomic mass is 16.5. The molecule has 7 nitrogen and oxygen atoms in total. The summed E-state index contributed by atoms with van der Waals surface area (Å²) in [6.45, 7) is 5.88. The molecule has 0 unspecified atom stereocenters. The van der Waals surface area contributed by atoms with Crippen LogP contribution in [0.25, 0.3) is 0 Å².